The molecule has 0 saturated heterocycles. The molecular weight excluding hydrogens is 451 g/mol. The molecule has 2 saturated carbocycles. The standard InChI is InChI=1S/C23H30F3N5OS/c24-23(25,26)16-7-6-10-18(13-16)27-14-20-29-30-22(31(20)19-11-2-1-3-12-19)33-15-21(32)28-17-8-4-5-9-17/h6-7,10,13,17,19,27H,1-5,8-9,11-12,14-15H2,(H,28,32). The first-order valence-electron chi connectivity index (χ1n) is 11.7. The Labute approximate surface area is 196 Å². The minimum absolute atomic E-state index is 0.00809. The summed E-state index contributed by atoms with van der Waals surface area (Å²) in [5, 5.41) is 15.5. The van der Waals surface area contributed by atoms with Crippen molar-refractivity contribution in [2.45, 2.75) is 87.7 Å². The van der Waals surface area contributed by atoms with Crippen molar-refractivity contribution in [2.75, 3.05) is 11.1 Å². The molecule has 0 unspecified atom stereocenters. The number of carbonyl (C=O) groups is 1. The smallest absolute Gasteiger partial charge is 0.378 e. The molecule has 180 valence electrons. The fourth-order valence-electron chi connectivity index (χ4n) is 4.69. The van der Waals surface area contributed by atoms with Gasteiger partial charge in [0, 0.05) is 17.8 Å². The summed E-state index contributed by atoms with van der Waals surface area (Å²) >= 11 is 1.38. The van der Waals surface area contributed by atoms with Crippen LogP contribution in [0.2, 0.25) is 0 Å². The molecule has 0 atom stereocenters. The van der Waals surface area contributed by atoms with Gasteiger partial charge in [-0.15, -0.1) is 10.2 Å². The largest absolute Gasteiger partial charge is 0.416 e. The fraction of sp³-hybridized carbons (Fsp3) is 0.609. The molecule has 0 bridgehead atoms. The van der Waals surface area contributed by atoms with Crippen molar-refractivity contribution >= 4 is 23.4 Å². The second-order valence-corrected chi connectivity index (χ2v) is 9.77. The lowest BCUT2D eigenvalue weighted by molar-refractivity contribution is -0.137. The van der Waals surface area contributed by atoms with E-state index in [0.717, 1.165) is 63.5 Å². The number of alkyl halides is 3. The van der Waals surface area contributed by atoms with Crippen molar-refractivity contribution in [1.29, 1.82) is 0 Å². The molecule has 2 aromatic rings. The molecule has 2 aliphatic carbocycles. The molecule has 2 fully saturated rings. The van der Waals surface area contributed by atoms with Gasteiger partial charge in [-0.25, -0.2) is 0 Å². The predicted octanol–water partition coefficient (Wildman–Crippen LogP) is 5.57. The van der Waals surface area contributed by atoms with Crippen LogP contribution in [0.5, 0.6) is 0 Å². The number of halogens is 3. The Morgan fingerprint density at radius 1 is 1.06 bits per heavy atom. The van der Waals surface area contributed by atoms with E-state index < -0.39 is 11.7 Å². The quantitative estimate of drug-likeness (QED) is 0.483. The highest BCUT2D eigenvalue weighted by Crippen LogP contribution is 2.34. The van der Waals surface area contributed by atoms with Crippen LogP contribution < -0.4 is 10.6 Å². The summed E-state index contributed by atoms with van der Waals surface area (Å²) in [6.45, 7) is 0.264. The average molecular weight is 482 g/mol. The Hall–Kier alpha value is -2.23. The average Bonchev–Trinajstić information content (AvgIpc) is 3.46. The summed E-state index contributed by atoms with van der Waals surface area (Å²) in [5.74, 6) is 0.967. The summed E-state index contributed by atoms with van der Waals surface area (Å²) in [6.07, 6.45) is 5.48. The van der Waals surface area contributed by atoms with Gasteiger partial charge in [0.25, 0.3) is 0 Å². The van der Waals surface area contributed by atoms with E-state index in [9.17, 15) is 18.0 Å². The molecule has 1 heterocycles. The number of benzene rings is 1. The van der Waals surface area contributed by atoms with Crippen LogP contribution in [0, 0.1) is 0 Å². The van der Waals surface area contributed by atoms with E-state index in [-0.39, 0.29) is 30.3 Å². The predicted molar refractivity (Wildman–Crippen MR) is 122 cm³/mol. The van der Waals surface area contributed by atoms with Crippen LogP contribution in [0.4, 0.5) is 18.9 Å². The zero-order valence-electron chi connectivity index (χ0n) is 18.5. The van der Waals surface area contributed by atoms with Crippen molar-refractivity contribution in [3.8, 4) is 0 Å². The second kappa shape index (κ2) is 10.8. The normalized spacial score (nSPS) is 17.9. The number of aromatic nitrogens is 3. The molecule has 1 aromatic heterocycles. The van der Waals surface area contributed by atoms with E-state index in [0.29, 0.717) is 16.7 Å². The van der Waals surface area contributed by atoms with Crippen molar-refractivity contribution in [1.82, 2.24) is 20.1 Å². The number of nitrogens with zero attached hydrogens (tertiary/aromatic N) is 3. The van der Waals surface area contributed by atoms with Gasteiger partial charge in [-0.2, -0.15) is 13.2 Å². The number of carbonyl (C=O) groups excluding carboxylic acids is 1. The molecular formula is C23H30F3N5OS. The fourth-order valence-corrected chi connectivity index (χ4v) is 5.52. The number of nitrogens with one attached hydrogen (secondary N) is 2. The summed E-state index contributed by atoms with van der Waals surface area (Å²) in [7, 11) is 0. The molecule has 0 aliphatic heterocycles. The Morgan fingerprint density at radius 2 is 1.79 bits per heavy atom. The zero-order chi connectivity index (χ0) is 23.3. The van der Waals surface area contributed by atoms with Gasteiger partial charge in [0.05, 0.1) is 17.9 Å². The van der Waals surface area contributed by atoms with E-state index in [2.05, 4.69) is 25.4 Å². The first-order valence-corrected chi connectivity index (χ1v) is 12.7. The summed E-state index contributed by atoms with van der Waals surface area (Å²) in [4.78, 5) is 12.4. The van der Waals surface area contributed by atoms with E-state index in [4.69, 9.17) is 0 Å². The topological polar surface area (TPSA) is 71.8 Å². The Kier molecular flexibility index (Phi) is 7.82. The molecule has 0 spiro atoms. The molecule has 2 aliphatic rings. The van der Waals surface area contributed by atoms with Gasteiger partial charge in [0.15, 0.2) is 11.0 Å². The van der Waals surface area contributed by atoms with Gasteiger partial charge in [0.2, 0.25) is 5.91 Å². The number of rotatable bonds is 8. The minimum atomic E-state index is -4.39. The lowest BCUT2D eigenvalue weighted by Crippen LogP contribution is -2.34. The van der Waals surface area contributed by atoms with Crippen LogP contribution >= 0.6 is 11.8 Å². The van der Waals surface area contributed by atoms with Gasteiger partial charge < -0.3 is 15.2 Å². The van der Waals surface area contributed by atoms with Crippen molar-refractivity contribution < 1.29 is 18.0 Å². The monoisotopic (exact) mass is 481 g/mol. The van der Waals surface area contributed by atoms with Crippen LogP contribution in [0.25, 0.3) is 0 Å². The van der Waals surface area contributed by atoms with E-state index in [1.165, 1.54) is 24.2 Å². The lowest BCUT2D eigenvalue weighted by Gasteiger charge is -2.25. The molecule has 4 rings (SSSR count). The second-order valence-electron chi connectivity index (χ2n) is 8.83. The maximum Gasteiger partial charge on any atom is 0.416 e. The number of amides is 1. The third-order valence-electron chi connectivity index (χ3n) is 6.37. The van der Waals surface area contributed by atoms with Crippen molar-refractivity contribution in [2.24, 2.45) is 0 Å². The van der Waals surface area contributed by atoms with Crippen LogP contribution in [0.3, 0.4) is 0 Å². The third kappa shape index (κ3) is 6.43. The van der Waals surface area contributed by atoms with E-state index in [1.807, 2.05) is 0 Å². The first-order chi connectivity index (χ1) is 15.9. The highest BCUT2D eigenvalue weighted by molar-refractivity contribution is 7.99. The number of thioether (sulfide) groups is 1. The van der Waals surface area contributed by atoms with Crippen molar-refractivity contribution in [3.63, 3.8) is 0 Å². The first kappa shape index (κ1) is 23.9. The molecule has 6 nitrogen and oxygen atoms in total. The Balaban J connectivity index is 1.44. The summed E-state index contributed by atoms with van der Waals surface area (Å²) in [6, 6.07) is 5.68. The molecule has 0 radical (unpaired) electrons. The SMILES string of the molecule is O=C(CSc1nnc(CNc2cccc(C(F)(F)F)c2)n1C1CCCCC1)NC1CCCC1. The van der Waals surface area contributed by atoms with Crippen LogP contribution in [0.1, 0.15) is 75.2 Å². The van der Waals surface area contributed by atoms with Crippen LogP contribution in [-0.4, -0.2) is 32.5 Å². The van der Waals surface area contributed by atoms with Gasteiger partial charge >= 0.3 is 6.18 Å². The maximum absolute atomic E-state index is 13.0. The Bertz CT molecular complexity index is 936. The Morgan fingerprint density at radius 3 is 2.52 bits per heavy atom. The highest BCUT2D eigenvalue weighted by Gasteiger charge is 2.30. The summed E-state index contributed by atoms with van der Waals surface area (Å²) in [5.41, 5.74) is -0.307. The summed E-state index contributed by atoms with van der Waals surface area (Å²) < 4.78 is 41.2. The van der Waals surface area contributed by atoms with Crippen LogP contribution in [0.15, 0.2) is 29.4 Å². The molecule has 33 heavy (non-hydrogen) atoms. The van der Waals surface area contributed by atoms with Crippen LogP contribution in [-0.2, 0) is 17.5 Å². The number of hydrogen-bond donors (Lipinski definition) is 2. The van der Waals surface area contributed by atoms with Gasteiger partial charge in [-0.1, -0.05) is 49.9 Å². The van der Waals surface area contributed by atoms with E-state index >= 15 is 0 Å². The zero-order valence-corrected chi connectivity index (χ0v) is 19.4. The van der Waals surface area contributed by atoms with E-state index in [1.54, 1.807) is 6.07 Å². The third-order valence-corrected chi connectivity index (χ3v) is 7.31. The molecule has 1 aromatic carbocycles. The number of hydrogen-bond acceptors (Lipinski definition) is 5. The van der Waals surface area contributed by atoms with Gasteiger partial charge in [-0.3, -0.25) is 4.79 Å². The molecule has 1 amide bonds. The number of anilines is 1. The highest BCUT2D eigenvalue weighted by atomic mass is 32.2. The van der Waals surface area contributed by atoms with Crippen molar-refractivity contribution in [3.05, 3.63) is 35.7 Å². The molecule has 10 heteroatoms. The van der Waals surface area contributed by atoms with Gasteiger partial charge in [0.1, 0.15) is 0 Å². The molecule has 2 N–H and O–H groups in total. The lowest BCUT2D eigenvalue weighted by atomic mass is 9.95. The maximum atomic E-state index is 13.0. The minimum Gasteiger partial charge on any atom is -0.378 e. The van der Waals surface area contributed by atoms with Gasteiger partial charge in [-0.05, 0) is 43.9 Å².